The Labute approximate surface area is 189 Å². The Morgan fingerprint density at radius 1 is 0.786 bits per heavy atom. The Morgan fingerprint density at radius 2 is 1.11 bits per heavy atom. The number of rotatable bonds is 2. The van der Waals surface area contributed by atoms with Crippen LogP contribution in [0.25, 0.3) is 0 Å². The molecule has 0 spiro atoms. The van der Waals surface area contributed by atoms with Crippen molar-refractivity contribution >= 4 is 87.2 Å². The number of allylic oxidation sites excluding steroid dienone is 2. The predicted molar refractivity (Wildman–Crippen MR) is 109 cm³/mol. The number of hydrogen-bond acceptors (Lipinski definition) is 5. The smallest absolute Gasteiger partial charge is 0.319 e. The van der Waals surface area contributed by atoms with Gasteiger partial charge in [0.25, 0.3) is 0 Å². The molecule has 0 saturated heterocycles. The van der Waals surface area contributed by atoms with Gasteiger partial charge in [-0.3, -0.25) is 9.59 Å². The molecule has 1 aromatic carbocycles. The molecule has 0 radical (unpaired) electrons. The number of urea groups is 1. The third-order valence-electron chi connectivity index (χ3n) is 3.00. The summed E-state index contributed by atoms with van der Waals surface area (Å²) in [4.78, 5) is 33.4. The summed E-state index contributed by atoms with van der Waals surface area (Å²) in [6, 6.07) is 5.75. The van der Waals surface area contributed by atoms with Crippen LogP contribution in [0.1, 0.15) is 20.7 Å². The van der Waals surface area contributed by atoms with E-state index in [-0.39, 0.29) is 11.6 Å². The number of carbonyl (C=O) groups is 3. The SMILES string of the molecule is O=C(NC(O)C(Cl)(Cl)Cl)NC(O)C(Cl)(Cl)Cl.O=C1C=CC(=O)c2ccccc21. The number of amides is 2. The quantitative estimate of drug-likeness (QED) is 0.358. The summed E-state index contributed by atoms with van der Waals surface area (Å²) in [5.41, 5.74) is 1.01. The average molecular weight is 513 g/mol. The fourth-order valence-electron chi connectivity index (χ4n) is 1.70. The monoisotopic (exact) mass is 510 g/mol. The minimum Gasteiger partial charge on any atom is -0.369 e. The first kappa shape index (κ1) is 25.3. The maximum absolute atomic E-state index is 11.2. The van der Waals surface area contributed by atoms with Crippen molar-refractivity contribution in [1.29, 1.82) is 0 Å². The van der Waals surface area contributed by atoms with Gasteiger partial charge in [0.05, 0.1) is 0 Å². The Bertz CT molecular complexity index is 714. The molecule has 0 bridgehead atoms. The Kier molecular flexibility index (Phi) is 9.31. The van der Waals surface area contributed by atoms with Crippen LogP contribution in [0.3, 0.4) is 0 Å². The van der Waals surface area contributed by atoms with Crippen molar-refractivity contribution in [2.45, 2.75) is 20.0 Å². The molecule has 154 valence electrons. The van der Waals surface area contributed by atoms with Gasteiger partial charge in [-0.1, -0.05) is 93.9 Å². The Hall–Kier alpha value is -0.770. The van der Waals surface area contributed by atoms with Crippen LogP contribution in [0.4, 0.5) is 4.79 Å². The highest BCUT2D eigenvalue weighted by atomic mass is 35.6. The number of fused-ring (bicyclic) bond motifs is 1. The molecular weight excluding hydrogens is 501 g/mol. The van der Waals surface area contributed by atoms with Gasteiger partial charge >= 0.3 is 6.03 Å². The summed E-state index contributed by atoms with van der Waals surface area (Å²) in [5, 5.41) is 21.8. The first-order valence-corrected chi connectivity index (χ1v) is 9.42. The van der Waals surface area contributed by atoms with Crippen LogP contribution < -0.4 is 10.6 Å². The fourth-order valence-corrected chi connectivity index (χ4v) is 2.02. The number of ketones is 2. The van der Waals surface area contributed by atoms with Crippen molar-refractivity contribution in [1.82, 2.24) is 10.6 Å². The molecule has 28 heavy (non-hydrogen) atoms. The van der Waals surface area contributed by atoms with Crippen molar-refractivity contribution < 1.29 is 24.6 Å². The minimum absolute atomic E-state index is 0.0924. The van der Waals surface area contributed by atoms with Gasteiger partial charge in [0.2, 0.25) is 7.59 Å². The second kappa shape index (κ2) is 10.3. The highest BCUT2D eigenvalue weighted by molar-refractivity contribution is 6.68. The molecule has 2 unspecified atom stereocenters. The van der Waals surface area contributed by atoms with Crippen LogP contribution in [-0.4, -0.2) is 47.9 Å². The molecule has 1 aliphatic rings. The van der Waals surface area contributed by atoms with E-state index >= 15 is 0 Å². The molecule has 2 amide bonds. The van der Waals surface area contributed by atoms with E-state index in [0.29, 0.717) is 11.1 Å². The number of hydrogen-bond donors (Lipinski definition) is 4. The molecule has 2 rings (SSSR count). The van der Waals surface area contributed by atoms with Crippen LogP contribution in [0.2, 0.25) is 0 Å². The van der Waals surface area contributed by atoms with Gasteiger partial charge in [-0.05, 0) is 12.2 Å². The van der Waals surface area contributed by atoms with E-state index in [1.54, 1.807) is 34.9 Å². The van der Waals surface area contributed by atoms with Crippen molar-refractivity contribution in [3.8, 4) is 0 Å². The zero-order valence-electron chi connectivity index (χ0n) is 13.5. The first-order valence-electron chi connectivity index (χ1n) is 7.16. The molecule has 2 atom stereocenters. The Morgan fingerprint density at radius 3 is 1.39 bits per heavy atom. The van der Waals surface area contributed by atoms with Crippen molar-refractivity contribution in [2.24, 2.45) is 0 Å². The van der Waals surface area contributed by atoms with Crippen molar-refractivity contribution in [2.75, 3.05) is 0 Å². The average Bonchev–Trinajstić information content (AvgIpc) is 2.57. The van der Waals surface area contributed by atoms with E-state index in [1.807, 2.05) is 0 Å². The molecule has 7 nitrogen and oxygen atoms in total. The molecule has 0 fully saturated rings. The van der Waals surface area contributed by atoms with E-state index in [0.717, 1.165) is 0 Å². The standard InChI is InChI=1S/C10H6O2.C5H6Cl6N2O3/c11-9-5-6-10(12)8-4-2-1-3-7(8)9;6-4(7,8)1(14)12-3(16)13-2(15)5(9,10)11/h1-6H;1-2,14-15H,(H2,12,13,16). The van der Waals surface area contributed by atoms with Crippen LogP contribution in [0.5, 0.6) is 0 Å². The highest BCUT2D eigenvalue weighted by Crippen LogP contribution is 2.30. The molecule has 4 N–H and O–H groups in total. The molecule has 0 aromatic heterocycles. The van der Waals surface area contributed by atoms with Crippen molar-refractivity contribution in [3.63, 3.8) is 0 Å². The number of nitrogens with one attached hydrogen (secondary N) is 2. The Balaban J connectivity index is 0.000000289. The van der Waals surface area contributed by atoms with Gasteiger partial charge in [0, 0.05) is 11.1 Å². The molecule has 1 aliphatic carbocycles. The van der Waals surface area contributed by atoms with Gasteiger partial charge in [0.15, 0.2) is 24.0 Å². The number of aliphatic hydroxyl groups is 2. The molecule has 13 heteroatoms. The molecule has 1 aromatic rings. The zero-order valence-corrected chi connectivity index (χ0v) is 18.0. The van der Waals surface area contributed by atoms with Crippen LogP contribution >= 0.6 is 69.6 Å². The molecular formula is C15H12Cl6N2O5. The second-order valence-electron chi connectivity index (χ2n) is 5.11. The van der Waals surface area contributed by atoms with Gasteiger partial charge in [-0.25, -0.2) is 4.79 Å². The highest BCUT2D eigenvalue weighted by Gasteiger charge is 2.35. The molecule has 0 aliphatic heterocycles. The van der Waals surface area contributed by atoms with Crippen molar-refractivity contribution in [3.05, 3.63) is 47.5 Å². The summed E-state index contributed by atoms with van der Waals surface area (Å²) in [5.74, 6) is -0.185. The van der Waals surface area contributed by atoms with E-state index in [2.05, 4.69) is 0 Å². The van der Waals surface area contributed by atoms with E-state index in [4.69, 9.17) is 79.8 Å². The normalized spacial score (nSPS) is 15.7. The predicted octanol–water partition coefficient (Wildman–Crippen LogP) is 3.28. The summed E-state index contributed by atoms with van der Waals surface area (Å²) in [7, 11) is 0. The number of halogens is 6. The lowest BCUT2D eigenvalue weighted by Gasteiger charge is -2.23. The van der Waals surface area contributed by atoms with Crippen LogP contribution in [0, 0.1) is 0 Å². The minimum atomic E-state index is -2.12. The first-order chi connectivity index (χ1) is 12.7. The summed E-state index contributed by atoms with van der Waals surface area (Å²) in [6.45, 7) is 0. The largest absolute Gasteiger partial charge is 0.369 e. The number of alkyl halides is 6. The maximum Gasteiger partial charge on any atom is 0.319 e. The van der Waals surface area contributed by atoms with E-state index in [9.17, 15) is 14.4 Å². The summed E-state index contributed by atoms with van der Waals surface area (Å²) in [6.07, 6.45) is -0.963. The van der Waals surface area contributed by atoms with Crippen LogP contribution in [0.15, 0.2) is 36.4 Å². The second-order valence-corrected chi connectivity index (χ2v) is 9.85. The number of carbonyl (C=O) groups excluding carboxylic acids is 3. The summed E-state index contributed by atoms with van der Waals surface area (Å²) >= 11 is 31.5. The third-order valence-corrected chi connectivity index (χ3v) is 4.24. The van der Waals surface area contributed by atoms with Gasteiger partial charge in [-0.2, -0.15) is 0 Å². The number of benzene rings is 1. The van der Waals surface area contributed by atoms with Gasteiger partial charge < -0.3 is 20.8 Å². The molecule has 0 heterocycles. The van der Waals surface area contributed by atoms with Crippen LogP contribution in [-0.2, 0) is 0 Å². The topological polar surface area (TPSA) is 116 Å². The van der Waals surface area contributed by atoms with E-state index < -0.39 is 26.1 Å². The zero-order chi connectivity index (χ0) is 21.7. The van der Waals surface area contributed by atoms with Gasteiger partial charge in [-0.15, -0.1) is 0 Å². The lowest BCUT2D eigenvalue weighted by atomic mass is 9.95. The maximum atomic E-state index is 11.2. The van der Waals surface area contributed by atoms with Gasteiger partial charge in [0.1, 0.15) is 0 Å². The lowest BCUT2D eigenvalue weighted by molar-refractivity contribution is 0.0994. The summed E-state index contributed by atoms with van der Waals surface area (Å²) < 4.78 is -4.25. The lowest BCUT2D eigenvalue weighted by Crippen LogP contribution is -2.53. The third kappa shape index (κ3) is 7.93. The molecule has 0 saturated carbocycles. The number of aliphatic hydroxyl groups excluding tert-OH is 2. The van der Waals surface area contributed by atoms with E-state index in [1.165, 1.54) is 12.2 Å². The fraction of sp³-hybridized carbons (Fsp3) is 0.267.